The lowest BCUT2D eigenvalue weighted by Crippen LogP contribution is -2.49. The lowest BCUT2D eigenvalue weighted by molar-refractivity contribution is 0.382. The largest absolute Gasteiger partial charge is 0.356 e. The lowest BCUT2D eigenvalue weighted by atomic mass is 10.1. The molecule has 3 heterocycles. The first-order valence-corrected chi connectivity index (χ1v) is 12.1. The number of sulfonamides is 1. The normalized spacial score (nSPS) is 18.6. The first-order valence-electron chi connectivity index (χ1n) is 10.5. The Morgan fingerprint density at radius 2 is 1.57 bits per heavy atom. The third-order valence-electron chi connectivity index (χ3n) is 5.69. The van der Waals surface area contributed by atoms with Gasteiger partial charge in [-0.2, -0.15) is 9.29 Å². The molecule has 1 aromatic carbocycles. The monoisotopic (exact) mass is 433 g/mol. The molecule has 2 aliphatic rings. The van der Waals surface area contributed by atoms with Crippen molar-refractivity contribution in [1.29, 1.82) is 0 Å². The predicted molar refractivity (Wildman–Crippen MR) is 116 cm³/mol. The van der Waals surface area contributed by atoms with Gasteiger partial charge < -0.3 is 9.80 Å². The van der Waals surface area contributed by atoms with Crippen LogP contribution in [0.4, 0.5) is 16.2 Å². The molecule has 0 radical (unpaired) electrons. The van der Waals surface area contributed by atoms with E-state index in [1.54, 1.807) is 0 Å². The molecule has 9 heteroatoms. The highest BCUT2D eigenvalue weighted by Gasteiger charge is 2.28. The van der Waals surface area contributed by atoms with E-state index in [9.17, 15) is 12.8 Å². The van der Waals surface area contributed by atoms with Crippen LogP contribution in [0.1, 0.15) is 30.5 Å². The molecule has 0 N–H and O–H groups in total. The van der Waals surface area contributed by atoms with Crippen molar-refractivity contribution in [2.75, 3.05) is 49.1 Å². The molecular formula is C21H28FN5O2S. The van der Waals surface area contributed by atoms with Gasteiger partial charge in [0, 0.05) is 51.0 Å². The smallest absolute Gasteiger partial charge is 0.227 e. The minimum atomic E-state index is -3.45. The second-order valence-corrected chi connectivity index (χ2v) is 9.95. The summed E-state index contributed by atoms with van der Waals surface area (Å²) in [7, 11) is -3.45. The molecule has 4 rings (SSSR count). The van der Waals surface area contributed by atoms with Gasteiger partial charge in [0.1, 0.15) is 11.6 Å². The van der Waals surface area contributed by atoms with Crippen molar-refractivity contribution >= 4 is 21.8 Å². The maximum absolute atomic E-state index is 13.1. The summed E-state index contributed by atoms with van der Waals surface area (Å²) in [4.78, 5) is 13.8. The fraction of sp³-hybridized carbons (Fsp3) is 0.524. The van der Waals surface area contributed by atoms with Gasteiger partial charge in [0.15, 0.2) is 0 Å². The van der Waals surface area contributed by atoms with E-state index in [1.165, 1.54) is 47.8 Å². The van der Waals surface area contributed by atoms with Crippen LogP contribution >= 0.6 is 0 Å². The molecule has 1 aromatic heterocycles. The van der Waals surface area contributed by atoms with Crippen LogP contribution in [-0.2, 0) is 15.8 Å². The standard InChI is InChI=1S/C21H28FN5O2S/c1-17-15-20(25-9-3-2-4-10-25)24-21(23-17)26-11-13-27(14-12-26)30(28,29)16-18-5-7-19(22)8-6-18/h5-8,15H,2-4,9-14,16H2,1H3. The quantitative estimate of drug-likeness (QED) is 0.722. The number of piperidine rings is 1. The number of aromatic nitrogens is 2. The Morgan fingerprint density at radius 1 is 0.900 bits per heavy atom. The zero-order chi connectivity index (χ0) is 21.1. The third kappa shape index (κ3) is 4.89. The van der Waals surface area contributed by atoms with Gasteiger partial charge in [0.2, 0.25) is 16.0 Å². The molecule has 162 valence electrons. The minimum Gasteiger partial charge on any atom is -0.356 e. The van der Waals surface area contributed by atoms with Crippen LogP contribution in [0.3, 0.4) is 0 Å². The topological polar surface area (TPSA) is 69.6 Å². The van der Waals surface area contributed by atoms with Crippen LogP contribution in [-0.4, -0.2) is 62.0 Å². The van der Waals surface area contributed by atoms with E-state index in [4.69, 9.17) is 4.98 Å². The number of halogens is 1. The number of piperazine rings is 1. The fourth-order valence-corrected chi connectivity index (χ4v) is 5.53. The van der Waals surface area contributed by atoms with Crippen molar-refractivity contribution in [3.63, 3.8) is 0 Å². The molecule has 0 aliphatic carbocycles. The van der Waals surface area contributed by atoms with Gasteiger partial charge >= 0.3 is 0 Å². The van der Waals surface area contributed by atoms with E-state index in [0.717, 1.165) is 24.6 Å². The summed E-state index contributed by atoms with van der Waals surface area (Å²) in [6.45, 7) is 5.88. The summed E-state index contributed by atoms with van der Waals surface area (Å²) in [6.07, 6.45) is 3.63. The van der Waals surface area contributed by atoms with Gasteiger partial charge in [-0.05, 0) is 43.9 Å². The molecule has 0 atom stereocenters. The molecule has 30 heavy (non-hydrogen) atoms. The maximum Gasteiger partial charge on any atom is 0.227 e. The van der Waals surface area contributed by atoms with Gasteiger partial charge in [-0.3, -0.25) is 0 Å². The van der Waals surface area contributed by atoms with Crippen molar-refractivity contribution in [1.82, 2.24) is 14.3 Å². The zero-order valence-corrected chi connectivity index (χ0v) is 18.1. The minimum absolute atomic E-state index is 0.118. The summed E-state index contributed by atoms with van der Waals surface area (Å²) >= 11 is 0. The molecule has 0 amide bonds. The third-order valence-corrected chi connectivity index (χ3v) is 7.54. The summed E-state index contributed by atoms with van der Waals surface area (Å²) in [5.74, 6) is 1.15. The van der Waals surface area contributed by atoms with E-state index in [-0.39, 0.29) is 11.6 Å². The zero-order valence-electron chi connectivity index (χ0n) is 17.3. The molecule has 0 saturated carbocycles. The van der Waals surface area contributed by atoms with Crippen molar-refractivity contribution < 1.29 is 12.8 Å². The van der Waals surface area contributed by atoms with Crippen molar-refractivity contribution in [3.8, 4) is 0 Å². The second kappa shape index (κ2) is 8.85. The average Bonchev–Trinajstić information content (AvgIpc) is 2.75. The predicted octanol–water partition coefficient (Wildman–Crippen LogP) is 2.57. The van der Waals surface area contributed by atoms with Crippen molar-refractivity contribution in [2.24, 2.45) is 0 Å². The molecule has 2 aliphatic heterocycles. The van der Waals surface area contributed by atoms with Gasteiger partial charge in [-0.15, -0.1) is 0 Å². The number of nitrogens with zero attached hydrogens (tertiary/aromatic N) is 5. The first kappa shape index (κ1) is 21.0. The van der Waals surface area contributed by atoms with E-state index in [1.807, 2.05) is 13.0 Å². The SMILES string of the molecule is Cc1cc(N2CCCCC2)nc(N2CCN(S(=O)(=O)Cc3ccc(F)cc3)CC2)n1. The van der Waals surface area contributed by atoms with Crippen LogP contribution < -0.4 is 9.80 Å². The van der Waals surface area contributed by atoms with Gasteiger partial charge in [0.05, 0.1) is 5.75 Å². The van der Waals surface area contributed by atoms with Crippen LogP contribution in [0.2, 0.25) is 0 Å². The summed E-state index contributed by atoms with van der Waals surface area (Å²) < 4.78 is 40.1. The van der Waals surface area contributed by atoms with Crippen molar-refractivity contribution in [2.45, 2.75) is 31.9 Å². The van der Waals surface area contributed by atoms with Gasteiger partial charge in [0.25, 0.3) is 0 Å². The Morgan fingerprint density at radius 3 is 2.23 bits per heavy atom. The van der Waals surface area contributed by atoms with Crippen LogP contribution in [0.25, 0.3) is 0 Å². The fourth-order valence-electron chi connectivity index (χ4n) is 4.01. The van der Waals surface area contributed by atoms with Gasteiger partial charge in [-0.25, -0.2) is 17.8 Å². The number of hydrogen-bond donors (Lipinski definition) is 0. The first-order chi connectivity index (χ1) is 14.4. The lowest BCUT2D eigenvalue weighted by Gasteiger charge is -2.35. The highest BCUT2D eigenvalue weighted by Crippen LogP contribution is 2.23. The molecule has 0 bridgehead atoms. The summed E-state index contributed by atoms with van der Waals surface area (Å²) in [5.41, 5.74) is 1.51. The van der Waals surface area contributed by atoms with E-state index >= 15 is 0 Å². The van der Waals surface area contributed by atoms with Crippen molar-refractivity contribution in [3.05, 3.63) is 47.4 Å². The Hall–Kier alpha value is -2.26. The maximum atomic E-state index is 13.1. The number of benzene rings is 1. The Labute approximate surface area is 177 Å². The highest BCUT2D eigenvalue weighted by molar-refractivity contribution is 7.88. The number of aryl methyl sites for hydroxylation is 1. The molecule has 2 aromatic rings. The van der Waals surface area contributed by atoms with Crippen LogP contribution in [0.5, 0.6) is 0 Å². The van der Waals surface area contributed by atoms with Gasteiger partial charge in [-0.1, -0.05) is 12.1 Å². The number of rotatable bonds is 5. The summed E-state index contributed by atoms with van der Waals surface area (Å²) in [6, 6.07) is 7.64. The molecule has 7 nitrogen and oxygen atoms in total. The van der Waals surface area contributed by atoms with Crippen LogP contribution in [0, 0.1) is 12.7 Å². The van der Waals surface area contributed by atoms with E-state index < -0.39 is 10.0 Å². The van der Waals surface area contributed by atoms with E-state index in [2.05, 4.69) is 14.8 Å². The highest BCUT2D eigenvalue weighted by atomic mass is 32.2. The number of hydrogen-bond acceptors (Lipinski definition) is 6. The molecule has 0 unspecified atom stereocenters. The second-order valence-electron chi connectivity index (χ2n) is 7.98. The Bertz CT molecular complexity index is 969. The Balaban J connectivity index is 1.41. The number of anilines is 2. The van der Waals surface area contributed by atoms with Crippen LogP contribution in [0.15, 0.2) is 30.3 Å². The Kier molecular flexibility index (Phi) is 6.19. The van der Waals surface area contributed by atoms with E-state index in [0.29, 0.717) is 37.7 Å². The molecule has 0 spiro atoms. The summed E-state index contributed by atoms with van der Waals surface area (Å²) in [5, 5.41) is 0. The molecule has 2 fully saturated rings. The molecular weight excluding hydrogens is 405 g/mol. The average molecular weight is 434 g/mol. The molecule has 2 saturated heterocycles.